The minimum atomic E-state index is -0.419. The van der Waals surface area contributed by atoms with E-state index in [9.17, 15) is 4.79 Å². The molecule has 5 heteroatoms. The van der Waals surface area contributed by atoms with Crippen LogP contribution in [0.2, 0.25) is 0 Å². The molecule has 0 bridgehead atoms. The highest BCUT2D eigenvalue weighted by Gasteiger charge is 2.09. The largest absolute Gasteiger partial charge is 0.464 e. The number of esters is 1. The molecule has 0 aromatic carbocycles. The molecular weight excluding hydrogens is 340 g/mol. The second-order valence-corrected chi connectivity index (χ2v) is 4.69. The van der Waals surface area contributed by atoms with Crippen LogP contribution in [0.1, 0.15) is 17.4 Å². The smallest absolute Gasteiger partial charge is 0.354 e. The van der Waals surface area contributed by atoms with Crippen LogP contribution in [-0.2, 0) is 4.74 Å². The molecule has 0 atom stereocenters. The van der Waals surface area contributed by atoms with Crippen molar-refractivity contribution in [3.05, 3.63) is 32.5 Å². The van der Waals surface area contributed by atoms with E-state index in [0.29, 0.717) is 19.7 Å². The molecule has 0 unspecified atom stereocenters. The fourth-order valence-electron chi connectivity index (χ4n) is 1.24. The minimum Gasteiger partial charge on any atom is -0.464 e. The molecule has 0 saturated carbocycles. The number of carbonyl (C=O) groups excluding carboxylic acids is 1. The lowest BCUT2D eigenvalue weighted by molar-refractivity contribution is 0.0594. The number of allylic oxidation sites excluding steroid dienone is 1. The third kappa shape index (κ3) is 2.68. The Morgan fingerprint density at radius 3 is 2.75 bits per heavy atom. The van der Waals surface area contributed by atoms with Crippen LogP contribution in [0.5, 0.6) is 0 Å². The summed E-state index contributed by atoms with van der Waals surface area (Å²) in [5.41, 5.74) is 0.376. The minimum absolute atomic E-state index is 0.376. The van der Waals surface area contributed by atoms with Crippen LogP contribution in [0, 0.1) is 0 Å². The van der Waals surface area contributed by atoms with Gasteiger partial charge >= 0.3 is 5.97 Å². The number of rotatable bonds is 2. The second kappa shape index (κ2) is 5.54. The lowest BCUT2D eigenvalue weighted by atomic mass is 10.3. The van der Waals surface area contributed by atoms with E-state index in [2.05, 4.69) is 16.3 Å². The molecule has 0 aliphatic rings. The first-order chi connectivity index (χ1) is 7.51. The zero-order valence-corrected chi connectivity index (χ0v) is 11.8. The van der Waals surface area contributed by atoms with Gasteiger partial charge in [0.2, 0.25) is 0 Å². The molecule has 0 aliphatic heterocycles. The van der Waals surface area contributed by atoms with Gasteiger partial charge in [0.1, 0.15) is 5.69 Å². The average molecular weight is 352 g/mol. The fourth-order valence-corrected chi connectivity index (χ4v) is 1.66. The highest BCUT2D eigenvalue weighted by Crippen LogP contribution is 2.18. The first-order valence-corrected chi connectivity index (χ1v) is 5.95. The van der Waals surface area contributed by atoms with Gasteiger partial charge in [0.15, 0.2) is 0 Å². The number of ether oxygens (including phenoxy) is 1. The van der Waals surface area contributed by atoms with E-state index in [1.54, 1.807) is 6.07 Å². The maximum absolute atomic E-state index is 11.3. The molecule has 1 N–H and O–H groups in total. The van der Waals surface area contributed by atoms with Crippen LogP contribution in [0.4, 0.5) is 0 Å². The Labute approximate surface area is 112 Å². The molecule has 16 heavy (non-hydrogen) atoms. The van der Waals surface area contributed by atoms with Gasteiger partial charge in [-0.25, -0.2) is 4.79 Å². The number of aromatic amines is 1. The lowest BCUT2D eigenvalue weighted by Crippen LogP contribution is -2.23. The molecule has 1 aromatic rings. The summed E-state index contributed by atoms with van der Waals surface area (Å²) in [6, 6.07) is 1.70. The van der Waals surface area contributed by atoms with Crippen LogP contribution >= 0.6 is 34.2 Å². The van der Waals surface area contributed by atoms with Gasteiger partial charge in [-0.05, 0) is 40.8 Å². The van der Waals surface area contributed by atoms with Crippen molar-refractivity contribution < 1.29 is 9.53 Å². The predicted molar refractivity (Wildman–Crippen MR) is 73.9 cm³/mol. The maximum atomic E-state index is 11.3. The Bertz CT molecular complexity index is 545. The Balaban J connectivity index is 3.55. The molecule has 0 radical (unpaired) electrons. The summed E-state index contributed by atoms with van der Waals surface area (Å²) in [7, 11) is 1.33. The second-order valence-electron chi connectivity index (χ2n) is 3.01. The van der Waals surface area contributed by atoms with Gasteiger partial charge in [-0.3, -0.25) is 0 Å². The topological polar surface area (TPSA) is 42.1 Å². The number of H-pyrrole nitrogens is 1. The molecule has 1 aromatic heterocycles. The summed E-state index contributed by atoms with van der Waals surface area (Å²) < 4.78 is 5.34. The van der Waals surface area contributed by atoms with Crippen LogP contribution in [0.25, 0.3) is 11.1 Å². The van der Waals surface area contributed by atoms with Crippen molar-refractivity contribution in [3.63, 3.8) is 0 Å². The monoisotopic (exact) mass is 351 g/mol. The number of carbonyl (C=O) groups is 1. The van der Waals surface area contributed by atoms with E-state index in [4.69, 9.17) is 11.6 Å². The number of hydrogen-bond acceptors (Lipinski definition) is 2. The number of nitrogens with one attached hydrogen (secondary N) is 1. The molecular formula is C11H11ClINO2. The summed E-state index contributed by atoms with van der Waals surface area (Å²) >= 11 is 8.12. The number of methoxy groups -OCH3 is 1. The average Bonchev–Trinajstić information content (AvgIpc) is 2.70. The maximum Gasteiger partial charge on any atom is 0.354 e. The molecule has 3 nitrogen and oxygen atoms in total. The summed E-state index contributed by atoms with van der Waals surface area (Å²) in [5, 5.41) is 2.04. The van der Waals surface area contributed by atoms with Crippen molar-refractivity contribution in [3.8, 4) is 0 Å². The molecule has 1 heterocycles. The highest BCUT2D eigenvalue weighted by molar-refractivity contribution is 14.1. The normalized spacial score (nSPS) is 13.6. The Morgan fingerprint density at radius 1 is 1.69 bits per heavy atom. The molecule has 0 spiro atoms. The van der Waals surface area contributed by atoms with E-state index in [1.165, 1.54) is 7.11 Å². The van der Waals surface area contributed by atoms with Crippen molar-refractivity contribution in [2.75, 3.05) is 7.11 Å². The van der Waals surface area contributed by atoms with Crippen LogP contribution in [-0.4, -0.2) is 18.1 Å². The van der Waals surface area contributed by atoms with Crippen molar-refractivity contribution in [2.45, 2.75) is 6.92 Å². The first-order valence-electron chi connectivity index (χ1n) is 4.49. The molecule has 0 fully saturated rings. The molecule has 0 saturated heterocycles. The van der Waals surface area contributed by atoms with Gasteiger partial charge in [0.25, 0.3) is 0 Å². The summed E-state index contributed by atoms with van der Waals surface area (Å²) in [6.45, 7) is 5.62. The SMILES string of the molecule is C=C(I)/C(Cl)=c1/[nH]c(C(=O)OC)c/c1=C/C. The van der Waals surface area contributed by atoms with E-state index in [1.807, 2.05) is 35.6 Å². The van der Waals surface area contributed by atoms with Gasteiger partial charge in [0.05, 0.1) is 17.5 Å². The van der Waals surface area contributed by atoms with Crippen LogP contribution in [0.3, 0.4) is 0 Å². The third-order valence-electron chi connectivity index (χ3n) is 2.02. The fraction of sp³-hybridized carbons (Fsp3) is 0.182. The number of hydrogen-bond donors (Lipinski definition) is 1. The van der Waals surface area contributed by atoms with Crippen molar-refractivity contribution in [1.29, 1.82) is 0 Å². The first kappa shape index (κ1) is 13.3. The van der Waals surface area contributed by atoms with Gasteiger partial charge in [-0.15, -0.1) is 0 Å². The van der Waals surface area contributed by atoms with Gasteiger partial charge in [-0.2, -0.15) is 0 Å². The van der Waals surface area contributed by atoms with Crippen LogP contribution in [0.15, 0.2) is 16.2 Å². The van der Waals surface area contributed by atoms with Crippen molar-refractivity contribution in [1.82, 2.24) is 4.98 Å². The Hall–Kier alpha value is -0.750. The zero-order valence-electron chi connectivity index (χ0n) is 8.93. The standard InChI is InChI=1S/C11H11ClINO2/c1-4-7-5-8(11(15)16-3)14-10(7)9(12)6(2)13/h4-5,14H,2H2,1,3H3/b7-4-,10-9-. The molecule has 86 valence electrons. The number of aromatic nitrogens is 1. The summed E-state index contributed by atoms with van der Waals surface area (Å²) in [6.07, 6.45) is 1.86. The summed E-state index contributed by atoms with van der Waals surface area (Å²) in [4.78, 5) is 14.3. The van der Waals surface area contributed by atoms with E-state index >= 15 is 0 Å². The molecule has 0 amide bonds. The van der Waals surface area contributed by atoms with Gasteiger partial charge in [-0.1, -0.05) is 24.3 Å². The highest BCUT2D eigenvalue weighted by atomic mass is 127. The van der Waals surface area contributed by atoms with E-state index in [-0.39, 0.29) is 0 Å². The Morgan fingerprint density at radius 2 is 2.31 bits per heavy atom. The Kier molecular flexibility index (Phi) is 4.61. The predicted octanol–water partition coefficient (Wildman–Crippen LogP) is 1.90. The van der Waals surface area contributed by atoms with Gasteiger partial charge < -0.3 is 9.72 Å². The number of halogens is 2. The quantitative estimate of drug-likeness (QED) is 0.653. The molecule has 0 aliphatic carbocycles. The summed E-state index contributed by atoms with van der Waals surface area (Å²) in [5.74, 6) is -0.419. The lowest BCUT2D eigenvalue weighted by Gasteiger charge is -1.93. The molecule has 1 rings (SSSR count). The van der Waals surface area contributed by atoms with Crippen molar-refractivity contribution in [2.24, 2.45) is 0 Å². The van der Waals surface area contributed by atoms with E-state index < -0.39 is 5.97 Å². The van der Waals surface area contributed by atoms with Crippen molar-refractivity contribution >= 4 is 51.3 Å². The zero-order chi connectivity index (χ0) is 12.3. The van der Waals surface area contributed by atoms with Crippen LogP contribution < -0.4 is 10.6 Å². The van der Waals surface area contributed by atoms with Gasteiger partial charge in [0, 0.05) is 3.58 Å². The third-order valence-corrected chi connectivity index (χ3v) is 3.30. The van der Waals surface area contributed by atoms with E-state index in [0.717, 1.165) is 5.22 Å².